The zero-order chi connectivity index (χ0) is 42.1. The van der Waals surface area contributed by atoms with Gasteiger partial charge in [-0.3, -0.25) is 49.7 Å². The SMILES string of the molecule is COc1cc([N+](=O)[O-])c(C(C)CC(=O)C(CCCN=C(N)N)NC(=O)CCc2ccc([N+](=O)[O-])cc2[N+](=O)[O-])cc1OCCCC(=O)CCCc1ccc(O)cc1. The van der Waals surface area contributed by atoms with Crippen molar-refractivity contribution in [2.24, 2.45) is 16.5 Å². The first-order valence-corrected chi connectivity index (χ1v) is 18.2. The molecule has 57 heavy (non-hydrogen) atoms. The Morgan fingerprint density at radius 3 is 2.16 bits per heavy atom. The summed E-state index contributed by atoms with van der Waals surface area (Å²) in [5.41, 5.74) is 10.8. The standard InChI is InChI=1S/C38H47N7O12/c1-24(20-34(48)31(9-4-18-41-38(39)40)42-37(49)17-13-26-12-14-27(43(50)51)21-32(26)44(52)53)30-22-36(35(56-2)23-33(30)45(54)55)57-19-5-8-28(46)7-3-6-25-10-15-29(47)16-11-25/h10-12,14-16,21-24,31,47H,3-9,13,17-20H2,1-2H3,(H,42,49)(H4,39,40,41). The Bertz CT molecular complexity index is 1950. The van der Waals surface area contributed by atoms with Crippen LogP contribution in [0.3, 0.4) is 0 Å². The summed E-state index contributed by atoms with van der Waals surface area (Å²) in [6.45, 7) is 1.86. The Kier molecular flexibility index (Phi) is 17.3. The number of amides is 1. The lowest BCUT2D eigenvalue weighted by molar-refractivity contribution is -0.394. The average Bonchev–Trinajstić information content (AvgIpc) is 3.16. The van der Waals surface area contributed by atoms with Crippen molar-refractivity contribution in [1.29, 1.82) is 0 Å². The lowest BCUT2D eigenvalue weighted by Crippen LogP contribution is -2.41. The van der Waals surface area contributed by atoms with Crippen molar-refractivity contribution in [3.63, 3.8) is 0 Å². The van der Waals surface area contributed by atoms with E-state index in [4.69, 9.17) is 20.9 Å². The summed E-state index contributed by atoms with van der Waals surface area (Å²) >= 11 is 0. The predicted molar refractivity (Wildman–Crippen MR) is 208 cm³/mol. The molecule has 19 nitrogen and oxygen atoms in total. The zero-order valence-corrected chi connectivity index (χ0v) is 31.7. The number of methoxy groups -OCH3 is 1. The topological polar surface area (TPSA) is 296 Å². The molecule has 0 bridgehead atoms. The number of carbonyl (C=O) groups is 3. The number of non-ortho nitro benzene ring substituents is 1. The summed E-state index contributed by atoms with van der Waals surface area (Å²) in [5, 5.41) is 46.9. The summed E-state index contributed by atoms with van der Waals surface area (Å²) < 4.78 is 11.3. The normalized spacial score (nSPS) is 11.8. The second-order valence-electron chi connectivity index (χ2n) is 13.3. The minimum Gasteiger partial charge on any atom is -0.508 e. The van der Waals surface area contributed by atoms with Gasteiger partial charge < -0.3 is 31.4 Å². The number of nitro groups is 3. The molecule has 3 rings (SSSR count). The number of ketones is 2. The molecule has 3 aromatic rings. The van der Waals surface area contributed by atoms with Crippen molar-refractivity contribution < 1.29 is 43.7 Å². The third-order valence-electron chi connectivity index (χ3n) is 9.03. The molecule has 0 aromatic heterocycles. The van der Waals surface area contributed by atoms with Crippen LogP contribution in [0.4, 0.5) is 17.1 Å². The van der Waals surface area contributed by atoms with Crippen LogP contribution in [-0.4, -0.2) is 69.6 Å². The van der Waals surface area contributed by atoms with Crippen LogP contribution in [0.2, 0.25) is 0 Å². The summed E-state index contributed by atoms with van der Waals surface area (Å²) in [4.78, 5) is 75.8. The van der Waals surface area contributed by atoms with Gasteiger partial charge in [0.1, 0.15) is 11.5 Å². The Morgan fingerprint density at radius 1 is 0.842 bits per heavy atom. The molecule has 6 N–H and O–H groups in total. The minimum atomic E-state index is -1.08. The number of phenolic OH excluding ortho intramolecular Hbond substituents is 1. The highest BCUT2D eigenvalue weighted by Gasteiger charge is 2.29. The van der Waals surface area contributed by atoms with Crippen molar-refractivity contribution in [3.05, 3.63) is 102 Å². The highest BCUT2D eigenvalue weighted by molar-refractivity contribution is 5.89. The van der Waals surface area contributed by atoms with Gasteiger partial charge in [-0.05, 0) is 74.3 Å². The first kappa shape index (κ1) is 44.7. The number of guanidine groups is 1. The fraction of sp³-hybridized carbons (Fsp3) is 0.421. The van der Waals surface area contributed by atoms with E-state index in [2.05, 4.69) is 10.3 Å². The molecule has 0 saturated carbocycles. The van der Waals surface area contributed by atoms with E-state index in [-0.39, 0.29) is 97.5 Å². The first-order chi connectivity index (χ1) is 27.1. The van der Waals surface area contributed by atoms with Gasteiger partial charge in [0.05, 0.1) is 46.7 Å². The Hall–Kier alpha value is -6.66. The maximum absolute atomic E-state index is 13.7. The third-order valence-corrected chi connectivity index (χ3v) is 9.03. The van der Waals surface area contributed by atoms with E-state index in [1.807, 2.05) is 0 Å². The maximum Gasteiger partial charge on any atom is 0.279 e. The van der Waals surface area contributed by atoms with Crippen LogP contribution in [0.1, 0.15) is 80.9 Å². The lowest BCUT2D eigenvalue weighted by atomic mass is 9.90. The van der Waals surface area contributed by atoms with Crippen LogP contribution in [-0.2, 0) is 27.2 Å². The number of aryl methyl sites for hydroxylation is 2. The number of nitrogens with one attached hydrogen (secondary N) is 1. The number of aliphatic imine (C=N–C) groups is 1. The second kappa shape index (κ2) is 22.0. The van der Waals surface area contributed by atoms with Gasteiger partial charge >= 0.3 is 0 Å². The summed E-state index contributed by atoms with van der Waals surface area (Å²) in [7, 11) is 1.33. The minimum absolute atomic E-state index is 0.0495. The van der Waals surface area contributed by atoms with E-state index in [0.717, 1.165) is 17.7 Å². The number of nitrogens with two attached hydrogens (primary N) is 2. The van der Waals surface area contributed by atoms with Crippen molar-refractivity contribution in [2.45, 2.75) is 83.1 Å². The molecule has 1 amide bonds. The monoisotopic (exact) mass is 793 g/mol. The smallest absolute Gasteiger partial charge is 0.279 e. The van der Waals surface area contributed by atoms with Crippen LogP contribution in [0.15, 0.2) is 59.6 Å². The number of nitro benzene ring substituents is 3. The van der Waals surface area contributed by atoms with Gasteiger partial charge in [0, 0.05) is 49.4 Å². The van der Waals surface area contributed by atoms with Gasteiger partial charge in [0.25, 0.3) is 17.1 Å². The number of aromatic hydroxyl groups is 1. The highest BCUT2D eigenvalue weighted by Crippen LogP contribution is 2.39. The van der Waals surface area contributed by atoms with Crippen LogP contribution in [0.25, 0.3) is 0 Å². The van der Waals surface area contributed by atoms with Crippen molar-refractivity contribution in [3.8, 4) is 17.2 Å². The molecule has 0 saturated heterocycles. The van der Waals surface area contributed by atoms with Crippen molar-refractivity contribution in [2.75, 3.05) is 20.3 Å². The molecule has 0 aliphatic rings. The number of benzene rings is 3. The first-order valence-electron chi connectivity index (χ1n) is 18.2. The van der Waals surface area contributed by atoms with Crippen LogP contribution >= 0.6 is 0 Å². The van der Waals surface area contributed by atoms with Crippen molar-refractivity contribution >= 4 is 40.5 Å². The Labute approximate surface area is 327 Å². The fourth-order valence-corrected chi connectivity index (χ4v) is 6.05. The van der Waals surface area contributed by atoms with Crippen LogP contribution in [0, 0.1) is 30.3 Å². The number of rotatable bonds is 25. The number of hydrogen-bond acceptors (Lipinski definition) is 13. The van der Waals surface area contributed by atoms with Gasteiger partial charge in [-0.25, -0.2) is 0 Å². The van der Waals surface area contributed by atoms with Crippen molar-refractivity contribution in [1.82, 2.24) is 5.32 Å². The number of ether oxygens (including phenoxy) is 2. The molecule has 0 aliphatic heterocycles. The van der Waals surface area contributed by atoms with Crippen LogP contribution < -0.4 is 26.3 Å². The molecule has 2 unspecified atom stereocenters. The molecular formula is C38H47N7O12. The molecule has 3 aromatic carbocycles. The van der Waals surface area contributed by atoms with E-state index in [0.29, 0.717) is 25.7 Å². The maximum atomic E-state index is 13.7. The second-order valence-corrected chi connectivity index (χ2v) is 13.3. The van der Waals surface area contributed by atoms with Gasteiger partial charge in [-0.15, -0.1) is 0 Å². The largest absolute Gasteiger partial charge is 0.508 e. The van der Waals surface area contributed by atoms with E-state index >= 15 is 0 Å². The third kappa shape index (κ3) is 14.5. The van der Waals surface area contributed by atoms with Gasteiger partial charge in [-0.1, -0.05) is 19.1 Å². The molecule has 2 atom stereocenters. The lowest BCUT2D eigenvalue weighted by Gasteiger charge is -2.21. The highest BCUT2D eigenvalue weighted by atomic mass is 16.6. The van der Waals surface area contributed by atoms with E-state index in [9.17, 15) is 49.8 Å². The molecular weight excluding hydrogens is 746 g/mol. The molecule has 0 fully saturated rings. The molecule has 19 heteroatoms. The number of Topliss-reactive ketones (excluding diaryl/α,β-unsaturated/α-hetero) is 2. The molecule has 0 spiro atoms. The number of carbonyl (C=O) groups excluding carboxylic acids is 3. The predicted octanol–water partition coefficient (Wildman–Crippen LogP) is 5.11. The quantitative estimate of drug-likeness (QED) is 0.0285. The summed E-state index contributed by atoms with van der Waals surface area (Å²) in [6.07, 6.45) is 2.02. The summed E-state index contributed by atoms with van der Waals surface area (Å²) in [5.74, 6) is -1.52. The fourth-order valence-electron chi connectivity index (χ4n) is 6.05. The van der Waals surface area contributed by atoms with Gasteiger partial charge in [0.2, 0.25) is 5.91 Å². The average molecular weight is 794 g/mol. The number of hydrogen-bond donors (Lipinski definition) is 4. The van der Waals surface area contributed by atoms with Gasteiger partial charge in [-0.2, -0.15) is 0 Å². The zero-order valence-electron chi connectivity index (χ0n) is 31.7. The van der Waals surface area contributed by atoms with Crippen LogP contribution in [0.5, 0.6) is 17.2 Å². The number of nitrogens with zero attached hydrogens (tertiary/aromatic N) is 4. The Morgan fingerprint density at radius 2 is 1.53 bits per heavy atom. The molecule has 0 heterocycles. The van der Waals surface area contributed by atoms with E-state index in [1.165, 1.54) is 25.3 Å². The molecule has 0 radical (unpaired) electrons. The summed E-state index contributed by atoms with van der Waals surface area (Å²) in [6, 6.07) is 11.5. The molecule has 306 valence electrons. The Balaban J connectivity index is 1.69. The van der Waals surface area contributed by atoms with Gasteiger partial charge in [0.15, 0.2) is 23.2 Å². The molecule has 0 aliphatic carbocycles. The van der Waals surface area contributed by atoms with E-state index < -0.39 is 49.8 Å². The number of phenols is 1. The van der Waals surface area contributed by atoms with E-state index in [1.54, 1.807) is 31.2 Å².